The molecule has 0 radical (unpaired) electrons. The Balaban J connectivity index is 3.78. The Bertz CT molecular complexity index is 174. The number of hydrogen-bond donors (Lipinski definition) is 0. The minimum atomic E-state index is -0.263. The number of alkyl halides is 1. The maximum atomic E-state index is 5.55. The highest BCUT2D eigenvalue weighted by Gasteiger charge is 2.16. The van der Waals surface area contributed by atoms with Gasteiger partial charge in [0.05, 0.1) is 0 Å². The molecule has 0 aliphatic heterocycles. The summed E-state index contributed by atoms with van der Waals surface area (Å²) in [6, 6.07) is 0. The molecule has 0 bridgehead atoms. The van der Waals surface area contributed by atoms with Gasteiger partial charge in [-0.1, -0.05) is 12.8 Å². The highest BCUT2D eigenvalue weighted by molar-refractivity contribution is 6.17. The van der Waals surface area contributed by atoms with Gasteiger partial charge in [-0.25, -0.2) is 0 Å². The molecule has 0 aromatic rings. The van der Waals surface area contributed by atoms with Crippen molar-refractivity contribution in [3.63, 3.8) is 0 Å². The van der Waals surface area contributed by atoms with Crippen molar-refractivity contribution in [2.45, 2.75) is 45.1 Å². The van der Waals surface area contributed by atoms with Gasteiger partial charge in [-0.15, -0.1) is 17.5 Å². The van der Waals surface area contributed by atoms with E-state index in [2.05, 4.69) is 18.8 Å². The van der Waals surface area contributed by atoms with Crippen molar-refractivity contribution in [3.8, 4) is 11.8 Å². The number of halogens is 1. The highest BCUT2D eigenvalue weighted by Crippen LogP contribution is 2.11. The van der Waals surface area contributed by atoms with Gasteiger partial charge in [0.15, 0.2) is 0 Å². The minimum Gasteiger partial charge on any atom is -0.366 e. The molecule has 0 aromatic carbocycles. The van der Waals surface area contributed by atoms with Crippen molar-refractivity contribution in [3.05, 3.63) is 0 Å². The lowest BCUT2D eigenvalue weighted by atomic mass is 10.0. The maximum Gasteiger partial charge on any atom is 0.125 e. The van der Waals surface area contributed by atoms with Crippen LogP contribution in [0.2, 0.25) is 0 Å². The second kappa shape index (κ2) is 7.24. The van der Waals surface area contributed by atoms with Gasteiger partial charge >= 0.3 is 0 Å². The molecule has 2 heteroatoms. The molecule has 0 heterocycles. The molecule has 0 saturated heterocycles. The van der Waals surface area contributed by atoms with Crippen LogP contribution in [-0.4, -0.2) is 18.6 Å². The van der Waals surface area contributed by atoms with Crippen LogP contribution in [0.15, 0.2) is 0 Å². The zero-order chi connectivity index (χ0) is 10.2. The minimum absolute atomic E-state index is 0.263. The fourth-order valence-electron chi connectivity index (χ4n) is 0.841. The molecule has 0 fully saturated rings. The SMILES string of the molecule is CCC(C)(C#CCCCCCl)OC. The summed E-state index contributed by atoms with van der Waals surface area (Å²) in [5.41, 5.74) is -0.263. The first-order valence-electron chi connectivity index (χ1n) is 4.79. The molecule has 0 N–H and O–H groups in total. The van der Waals surface area contributed by atoms with E-state index < -0.39 is 0 Å². The molecule has 1 atom stereocenters. The summed E-state index contributed by atoms with van der Waals surface area (Å²) >= 11 is 5.55. The van der Waals surface area contributed by atoms with Crippen LogP contribution in [0.1, 0.15) is 39.5 Å². The molecule has 1 nitrogen and oxygen atoms in total. The van der Waals surface area contributed by atoms with E-state index in [1.807, 2.05) is 6.92 Å². The zero-order valence-electron chi connectivity index (χ0n) is 8.82. The number of unbranched alkanes of at least 4 members (excludes halogenated alkanes) is 2. The van der Waals surface area contributed by atoms with Crippen LogP contribution in [0.3, 0.4) is 0 Å². The zero-order valence-corrected chi connectivity index (χ0v) is 9.58. The van der Waals surface area contributed by atoms with Crippen molar-refractivity contribution in [2.75, 3.05) is 13.0 Å². The average molecular weight is 203 g/mol. The second-order valence-corrected chi connectivity index (χ2v) is 3.61. The predicted molar refractivity (Wildman–Crippen MR) is 58.1 cm³/mol. The van der Waals surface area contributed by atoms with E-state index in [1.54, 1.807) is 7.11 Å². The van der Waals surface area contributed by atoms with Gasteiger partial charge in [0.1, 0.15) is 5.60 Å². The van der Waals surface area contributed by atoms with E-state index in [1.165, 1.54) is 0 Å². The van der Waals surface area contributed by atoms with Gasteiger partial charge in [-0.3, -0.25) is 0 Å². The van der Waals surface area contributed by atoms with E-state index in [0.717, 1.165) is 31.6 Å². The summed E-state index contributed by atoms with van der Waals surface area (Å²) in [6.07, 6.45) is 3.98. The van der Waals surface area contributed by atoms with E-state index in [4.69, 9.17) is 16.3 Å². The number of ether oxygens (including phenoxy) is 1. The highest BCUT2D eigenvalue weighted by atomic mass is 35.5. The molecule has 0 spiro atoms. The fourth-order valence-corrected chi connectivity index (χ4v) is 1.03. The van der Waals surface area contributed by atoms with Crippen LogP contribution >= 0.6 is 11.6 Å². The van der Waals surface area contributed by atoms with Crippen molar-refractivity contribution < 1.29 is 4.74 Å². The summed E-state index contributed by atoms with van der Waals surface area (Å²) in [5, 5.41) is 0. The molecule has 0 aliphatic carbocycles. The lowest BCUT2D eigenvalue weighted by molar-refractivity contribution is 0.0542. The van der Waals surface area contributed by atoms with Gasteiger partial charge in [-0.05, 0) is 26.2 Å². The van der Waals surface area contributed by atoms with Crippen LogP contribution in [-0.2, 0) is 4.74 Å². The molecule has 0 rings (SSSR count). The summed E-state index contributed by atoms with van der Waals surface area (Å²) in [6.45, 7) is 4.10. The van der Waals surface area contributed by atoms with E-state index in [0.29, 0.717) is 0 Å². The normalized spacial score (nSPS) is 14.5. The maximum absolute atomic E-state index is 5.55. The first-order chi connectivity index (χ1) is 6.18. The van der Waals surface area contributed by atoms with Gasteiger partial charge < -0.3 is 4.74 Å². The quantitative estimate of drug-likeness (QED) is 0.378. The predicted octanol–water partition coefficient (Wildman–Crippen LogP) is 3.21. The average Bonchev–Trinajstić information content (AvgIpc) is 2.17. The van der Waals surface area contributed by atoms with E-state index >= 15 is 0 Å². The number of methoxy groups -OCH3 is 1. The molecule has 13 heavy (non-hydrogen) atoms. The van der Waals surface area contributed by atoms with E-state index in [9.17, 15) is 0 Å². The third-order valence-electron chi connectivity index (χ3n) is 2.16. The summed E-state index contributed by atoms with van der Waals surface area (Å²) in [4.78, 5) is 0. The number of hydrogen-bond acceptors (Lipinski definition) is 1. The van der Waals surface area contributed by atoms with Crippen molar-refractivity contribution in [2.24, 2.45) is 0 Å². The summed E-state index contributed by atoms with van der Waals surface area (Å²) < 4.78 is 5.29. The Kier molecular flexibility index (Phi) is 7.13. The number of rotatable bonds is 5. The van der Waals surface area contributed by atoms with Crippen molar-refractivity contribution in [1.82, 2.24) is 0 Å². The van der Waals surface area contributed by atoms with E-state index in [-0.39, 0.29) is 5.60 Å². The second-order valence-electron chi connectivity index (χ2n) is 3.24. The molecule has 0 aromatic heterocycles. The van der Waals surface area contributed by atoms with Crippen LogP contribution in [0, 0.1) is 11.8 Å². The topological polar surface area (TPSA) is 9.23 Å². The van der Waals surface area contributed by atoms with Gasteiger partial charge in [0.2, 0.25) is 0 Å². The third kappa shape index (κ3) is 5.96. The largest absolute Gasteiger partial charge is 0.366 e. The van der Waals surface area contributed by atoms with Crippen LogP contribution in [0.5, 0.6) is 0 Å². The molecule has 0 amide bonds. The summed E-state index contributed by atoms with van der Waals surface area (Å²) in [7, 11) is 1.71. The Morgan fingerprint density at radius 1 is 1.38 bits per heavy atom. The Morgan fingerprint density at radius 2 is 2.08 bits per heavy atom. The molecule has 0 saturated carbocycles. The Morgan fingerprint density at radius 3 is 2.54 bits per heavy atom. The molecule has 1 unspecified atom stereocenters. The lowest BCUT2D eigenvalue weighted by Gasteiger charge is -2.18. The standard InChI is InChI=1S/C11H19ClO/c1-4-11(2,13-3)9-7-5-6-8-10-12/h4-6,8,10H2,1-3H3. The molecular weight excluding hydrogens is 184 g/mol. The van der Waals surface area contributed by atoms with Crippen LogP contribution in [0.4, 0.5) is 0 Å². The molecule has 0 aliphatic rings. The Labute approximate surface area is 86.8 Å². The van der Waals surface area contributed by atoms with Crippen molar-refractivity contribution in [1.29, 1.82) is 0 Å². The van der Waals surface area contributed by atoms with Gasteiger partial charge in [-0.2, -0.15) is 0 Å². The first kappa shape index (κ1) is 12.8. The molecular formula is C11H19ClO. The summed E-state index contributed by atoms with van der Waals surface area (Å²) in [5.74, 6) is 7.00. The monoisotopic (exact) mass is 202 g/mol. The van der Waals surface area contributed by atoms with Crippen molar-refractivity contribution >= 4 is 11.6 Å². The lowest BCUT2D eigenvalue weighted by Crippen LogP contribution is -2.23. The fraction of sp³-hybridized carbons (Fsp3) is 0.818. The van der Waals surface area contributed by atoms with Crippen LogP contribution in [0.25, 0.3) is 0 Å². The smallest absolute Gasteiger partial charge is 0.125 e. The first-order valence-corrected chi connectivity index (χ1v) is 5.33. The Hall–Kier alpha value is -0.190. The third-order valence-corrected chi connectivity index (χ3v) is 2.43. The molecule has 76 valence electrons. The van der Waals surface area contributed by atoms with Gasteiger partial charge in [0, 0.05) is 19.4 Å². The van der Waals surface area contributed by atoms with Crippen LogP contribution < -0.4 is 0 Å². The van der Waals surface area contributed by atoms with Gasteiger partial charge in [0.25, 0.3) is 0 Å².